The van der Waals surface area contributed by atoms with E-state index in [-0.39, 0.29) is 35.0 Å². The molecule has 0 aromatic heterocycles. The summed E-state index contributed by atoms with van der Waals surface area (Å²) in [5, 5.41) is 22.8. The lowest BCUT2D eigenvalue weighted by atomic mass is 9.49. The van der Waals surface area contributed by atoms with E-state index < -0.39 is 0 Å². The highest BCUT2D eigenvalue weighted by molar-refractivity contribution is 6.32. The van der Waals surface area contributed by atoms with Gasteiger partial charge in [0.25, 0.3) is 5.91 Å². The number of aliphatic hydroxyl groups is 1. The predicted molar refractivity (Wildman–Crippen MR) is 168 cm³/mol. The highest BCUT2D eigenvalue weighted by atomic mass is 35.5. The molecule has 0 bridgehead atoms. The first kappa shape index (κ1) is 30.7. The predicted octanol–water partition coefficient (Wildman–Crippen LogP) is 7.29. The molecule has 7 heteroatoms. The zero-order valence-corrected chi connectivity index (χ0v) is 26.5. The highest BCUT2D eigenvalue weighted by Gasteiger charge is 2.64. The molecule has 2 aliphatic carbocycles. The van der Waals surface area contributed by atoms with Crippen LogP contribution in [0, 0.1) is 40.9 Å². The summed E-state index contributed by atoms with van der Waals surface area (Å²) in [6.45, 7) is 12.5. The SMILES string of the molecule is Cc1c(OC2C(C)(C)C(NC(=O)c3ccc(N4CCC(CC5CCC(O)CC5)CC4)cc3)C2(C)C)ccc(C#N)c1Cl. The van der Waals surface area contributed by atoms with Crippen LogP contribution in [0.1, 0.15) is 94.1 Å². The number of anilines is 1. The maximum absolute atomic E-state index is 13.4. The Morgan fingerprint density at radius 2 is 1.60 bits per heavy atom. The van der Waals surface area contributed by atoms with Crippen LogP contribution in [-0.4, -0.2) is 42.4 Å². The molecule has 1 heterocycles. The summed E-state index contributed by atoms with van der Waals surface area (Å²) in [4.78, 5) is 15.8. The van der Waals surface area contributed by atoms with E-state index in [4.69, 9.17) is 16.3 Å². The average Bonchev–Trinajstić information content (AvgIpc) is 2.98. The van der Waals surface area contributed by atoms with Crippen LogP contribution in [0.2, 0.25) is 5.02 Å². The highest BCUT2D eigenvalue weighted by Crippen LogP contribution is 2.56. The molecule has 2 aromatic carbocycles. The van der Waals surface area contributed by atoms with Crippen LogP contribution >= 0.6 is 11.6 Å². The zero-order valence-electron chi connectivity index (χ0n) is 25.8. The number of hydrogen-bond donors (Lipinski definition) is 2. The van der Waals surface area contributed by atoms with Gasteiger partial charge >= 0.3 is 0 Å². The van der Waals surface area contributed by atoms with Crippen LogP contribution in [0.15, 0.2) is 36.4 Å². The number of piperidine rings is 1. The van der Waals surface area contributed by atoms with Crippen LogP contribution < -0.4 is 15.0 Å². The van der Waals surface area contributed by atoms with E-state index >= 15 is 0 Å². The molecule has 2 saturated carbocycles. The van der Waals surface area contributed by atoms with Gasteiger partial charge in [-0.15, -0.1) is 0 Å². The summed E-state index contributed by atoms with van der Waals surface area (Å²) in [6.07, 6.45) is 7.82. The number of rotatable bonds is 7. The fourth-order valence-corrected chi connectivity index (χ4v) is 8.32. The average molecular weight is 592 g/mol. The maximum Gasteiger partial charge on any atom is 0.251 e. The molecule has 1 saturated heterocycles. The standard InChI is InChI=1S/C35H46ClN3O3/c1-22-29(15-10-26(21-37)30(22)36)42-33-34(2,3)32(35(33,4)5)38-31(41)25-8-11-27(12-9-25)39-18-16-24(17-19-39)20-23-6-13-28(40)14-7-23/h8-12,15,23-24,28,32-33,40H,6-7,13-14,16-20H2,1-5H3,(H,38,41). The summed E-state index contributed by atoms with van der Waals surface area (Å²) >= 11 is 6.39. The van der Waals surface area contributed by atoms with Crippen molar-refractivity contribution in [1.29, 1.82) is 5.26 Å². The summed E-state index contributed by atoms with van der Waals surface area (Å²) in [5.74, 6) is 2.17. The second-order valence-corrected chi connectivity index (χ2v) is 14.5. The molecule has 0 radical (unpaired) electrons. The Kier molecular flexibility index (Phi) is 8.84. The topological polar surface area (TPSA) is 85.6 Å². The maximum atomic E-state index is 13.4. The van der Waals surface area contributed by atoms with Crippen molar-refractivity contribution in [2.45, 2.75) is 97.8 Å². The van der Waals surface area contributed by atoms with Gasteiger partial charge in [0, 0.05) is 46.8 Å². The van der Waals surface area contributed by atoms with Crippen LogP contribution in [0.4, 0.5) is 5.69 Å². The summed E-state index contributed by atoms with van der Waals surface area (Å²) in [6, 6.07) is 13.6. The molecule has 3 fully saturated rings. The van der Waals surface area contributed by atoms with Gasteiger partial charge in [0.2, 0.25) is 0 Å². The van der Waals surface area contributed by atoms with Crippen molar-refractivity contribution in [3.8, 4) is 11.8 Å². The van der Waals surface area contributed by atoms with Crippen molar-refractivity contribution in [1.82, 2.24) is 5.32 Å². The number of benzene rings is 2. The molecule has 2 N–H and O–H groups in total. The van der Waals surface area contributed by atoms with E-state index in [1.165, 1.54) is 37.8 Å². The minimum absolute atomic E-state index is 0.0694. The molecule has 226 valence electrons. The van der Waals surface area contributed by atoms with Gasteiger partial charge in [-0.25, -0.2) is 0 Å². The lowest BCUT2D eigenvalue weighted by molar-refractivity contribution is -0.164. The largest absolute Gasteiger partial charge is 0.489 e. The number of aliphatic hydroxyl groups excluding tert-OH is 1. The van der Waals surface area contributed by atoms with E-state index in [9.17, 15) is 15.2 Å². The number of nitriles is 1. The smallest absolute Gasteiger partial charge is 0.251 e. The third-order valence-electron chi connectivity index (χ3n) is 10.4. The molecule has 1 aliphatic heterocycles. The molecule has 42 heavy (non-hydrogen) atoms. The number of carbonyl (C=O) groups is 1. The van der Waals surface area contributed by atoms with Gasteiger partial charge in [-0.05, 0) is 100 Å². The van der Waals surface area contributed by atoms with Gasteiger partial charge in [0.1, 0.15) is 17.9 Å². The number of nitrogens with one attached hydrogen (secondary N) is 1. The molecular formula is C35H46ClN3O3. The summed E-state index contributed by atoms with van der Waals surface area (Å²) in [7, 11) is 0. The van der Waals surface area contributed by atoms with Gasteiger partial charge in [-0.1, -0.05) is 39.3 Å². The second-order valence-electron chi connectivity index (χ2n) is 14.1. The normalized spacial score (nSPS) is 27.0. The zero-order chi connectivity index (χ0) is 30.2. The van der Waals surface area contributed by atoms with Crippen LogP contribution in [0.5, 0.6) is 5.75 Å². The Hall–Kier alpha value is -2.75. The Labute approximate surface area is 256 Å². The van der Waals surface area contributed by atoms with E-state index in [1.54, 1.807) is 6.07 Å². The van der Waals surface area contributed by atoms with Gasteiger partial charge in [-0.2, -0.15) is 5.26 Å². The van der Waals surface area contributed by atoms with Gasteiger partial charge in [-0.3, -0.25) is 4.79 Å². The van der Waals surface area contributed by atoms with Crippen molar-refractivity contribution in [3.05, 3.63) is 58.1 Å². The Morgan fingerprint density at radius 3 is 2.19 bits per heavy atom. The van der Waals surface area contributed by atoms with Crippen LogP contribution in [-0.2, 0) is 0 Å². The summed E-state index contributed by atoms with van der Waals surface area (Å²) in [5.41, 5.74) is 2.41. The van der Waals surface area contributed by atoms with Crippen LogP contribution in [0.3, 0.4) is 0 Å². The number of halogens is 1. The monoisotopic (exact) mass is 591 g/mol. The fraction of sp³-hybridized carbons (Fsp3) is 0.600. The van der Waals surface area contributed by atoms with Crippen molar-refractivity contribution in [2.24, 2.45) is 22.7 Å². The fourth-order valence-electron chi connectivity index (χ4n) is 8.13. The van der Waals surface area contributed by atoms with Crippen molar-refractivity contribution in [3.63, 3.8) is 0 Å². The Morgan fingerprint density at radius 1 is 1.00 bits per heavy atom. The lowest BCUT2D eigenvalue weighted by Gasteiger charge is -2.63. The molecule has 3 aliphatic rings. The number of carbonyl (C=O) groups excluding carboxylic acids is 1. The second kappa shape index (κ2) is 12.1. The van der Waals surface area contributed by atoms with Crippen LogP contribution in [0.25, 0.3) is 0 Å². The van der Waals surface area contributed by atoms with E-state index in [0.717, 1.165) is 43.3 Å². The van der Waals surface area contributed by atoms with Crippen molar-refractivity contribution < 1.29 is 14.6 Å². The van der Waals surface area contributed by atoms with Crippen molar-refractivity contribution in [2.75, 3.05) is 18.0 Å². The molecule has 1 amide bonds. The van der Waals surface area contributed by atoms with Gasteiger partial charge in [0.05, 0.1) is 16.7 Å². The molecule has 0 spiro atoms. The minimum atomic E-state index is -0.312. The number of ether oxygens (including phenoxy) is 1. The third-order valence-corrected chi connectivity index (χ3v) is 10.9. The van der Waals surface area contributed by atoms with Gasteiger partial charge < -0.3 is 20.1 Å². The van der Waals surface area contributed by atoms with E-state index in [2.05, 4.69) is 56.1 Å². The third kappa shape index (κ3) is 6.01. The first-order valence-electron chi connectivity index (χ1n) is 15.6. The first-order valence-corrected chi connectivity index (χ1v) is 16.0. The molecule has 2 aromatic rings. The molecule has 5 rings (SSSR count). The van der Waals surface area contributed by atoms with Gasteiger partial charge in [0.15, 0.2) is 0 Å². The van der Waals surface area contributed by atoms with E-state index in [1.807, 2.05) is 25.1 Å². The summed E-state index contributed by atoms with van der Waals surface area (Å²) < 4.78 is 6.49. The molecular weight excluding hydrogens is 546 g/mol. The van der Waals surface area contributed by atoms with Crippen molar-refractivity contribution >= 4 is 23.2 Å². The number of hydrogen-bond acceptors (Lipinski definition) is 5. The number of amides is 1. The lowest BCUT2D eigenvalue weighted by Crippen LogP contribution is -2.74. The van der Waals surface area contributed by atoms with E-state index in [0.29, 0.717) is 21.9 Å². The Bertz CT molecular complexity index is 1300. The number of nitrogens with zero attached hydrogens (tertiary/aromatic N) is 2. The molecule has 0 unspecified atom stereocenters. The quantitative estimate of drug-likeness (QED) is 0.353. The minimum Gasteiger partial charge on any atom is -0.489 e. The Balaban J connectivity index is 1.15. The molecule has 0 atom stereocenters. The molecule has 6 nitrogen and oxygen atoms in total. The first-order chi connectivity index (χ1) is 19.9.